The average molecular weight is 244 g/mol. The van der Waals surface area contributed by atoms with E-state index in [1.54, 1.807) is 0 Å². The van der Waals surface area contributed by atoms with Crippen LogP contribution in [-0.4, -0.2) is 13.1 Å². The summed E-state index contributed by atoms with van der Waals surface area (Å²) in [6.07, 6.45) is 7.12. The van der Waals surface area contributed by atoms with Gasteiger partial charge >= 0.3 is 0 Å². The second kappa shape index (κ2) is 4.83. The number of fused-ring (bicyclic) bond motifs is 1. The normalized spacial score (nSPS) is 27.9. The van der Waals surface area contributed by atoms with E-state index in [1.807, 2.05) is 6.07 Å². The van der Waals surface area contributed by atoms with Crippen molar-refractivity contribution < 1.29 is 0 Å². The number of hydrogen-bond acceptors (Lipinski definition) is 2. The zero-order valence-corrected chi connectivity index (χ0v) is 11.4. The molecule has 1 aromatic rings. The minimum absolute atomic E-state index is 0.909. The molecule has 2 unspecified atom stereocenters. The lowest BCUT2D eigenvalue weighted by molar-refractivity contribution is 0.202. The standard InChI is InChI=1S/C16H24N2/c1-12-5-4-8-15(17)16(12)18-10-9-13-6-2-3-7-14(13)11-18/h4-5,8,13-14H,2-3,6-7,9-11,17H2,1H3. The topological polar surface area (TPSA) is 29.3 Å². The van der Waals surface area contributed by atoms with Gasteiger partial charge in [-0.25, -0.2) is 0 Å². The Hall–Kier alpha value is -1.18. The van der Waals surface area contributed by atoms with E-state index in [2.05, 4.69) is 24.0 Å². The quantitative estimate of drug-likeness (QED) is 0.765. The summed E-state index contributed by atoms with van der Waals surface area (Å²) in [5, 5.41) is 0. The third-order valence-corrected chi connectivity index (χ3v) is 4.88. The number of rotatable bonds is 1. The van der Waals surface area contributed by atoms with E-state index < -0.39 is 0 Å². The van der Waals surface area contributed by atoms with Gasteiger partial charge in [0.25, 0.3) is 0 Å². The first-order chi connectivity index (χ1) is 8.75. The summed E-state index contributed by atoms with van der Waals surface area (Å²) in [4.78, 5) is 2.54. The molecule has 2 N–H and O–H groups in total. The minimum atomic E-state index is 0.909. The smallest absolute Gasteiger partial charge is 0.0629 e. The molecule has 3 rings (SSSR count). The van der Waals surface area contributed by atoms with Crippen LogP contribution >= 0.6 is 0 Å². The van der Waals surface area contributed by atoms with Crippen LogP contribution in [0.15, 0.2) is 18.2 Å². The Morgan fingerprint density at radius 2 is 1.89 bits per heavy atom. The Bertz CT molecular complexity index is 407. The van der Waals surface area contributed by atoms with Crippen molar-refractivity contribution in [2.24, 2.45) is 11.8 Å². The van der Waals surface area contributed by atoms with Gasteiger partial charge in [0.1, 0.15) is 0 Å². The molecule has 98 valence electrons. The monoisotopic (exact) mass is 244 g/mol. The van der Waals surface area contributed by atoms with Crippen LogP contribution in [0.3, 0.4) is 0 Å². The van der Waals surface area contributed by atoms with E-state index >= 15 is 0 Å². The van der Waals surface area contributed by atoms with Crippen molar-refractivity contribution in [1.29, 1.82) is 0 Å². The number of nitrogens with two attached hydrogens (primary N) is 1. The van der Waals surface area contributed by atoms with Crippen molar-refractivity contribution in [3.8, 4) is 0 Å². The zero-order chi connectivity index (χ0) is 12.5. The van der Waals surface area contributed by atoms with Gasteiger partial charge < -0.3 is 10.6 Å². The lowest BCUT2D eigenvalue weighted by Crippen LogP contribution is -2.42. The van der Waals surface area contributed by atoms with E-state index in [0.29, 0.717) is 0 Å². The van der Waals surface area contributed by atoms with Crippen molar-refractivity contribution in [2.75, 3.05) is 23.7 Å². The molecular weight excluding hydrogens is 220 g/mol. The van der Waals surface area contributed by atoms with Crippen molar-refractivity contribution in [3.05, 3.63) is 23.8 Å². The molecule has 2 aliphatic rings. The van der Waals surface area contributed by atoms with Crippen LogP contribution in [0.5, 0.6) is 0 Å². The molecule has 2 atom stereocenters. The molecule has 1 aliphatic carbocycles. The highest BCUT2D eigenvalue weighted by Crippen LogP contribution is 2.39. The van der Waals surface area contributed by atoms with Crippen LogP contribution in [0.4, 0.5) is 11.4 Å². The van der Waals surface area contributed by atoms with E-state index in [1.165, 1.54) is 56.4 Å². The maximum atomic E-state index is 6.18. The number of piperidine rings is 1. The van der Waals surface area contributed by atoms with Crippen molar-refractivity contribution in [1.82, 2.24) is 0 Å². The molecular formula is C16H24N2. The van der Waals surface area contributed by atoms with Gasteiger partial charge in [-0.3, -0.25) is 0 Å². The van der Waals surface area contributed by atoms with Gasteiger partial charge in [0.2, 0.25) is 0 Å². The highest BCUT2D eigenvalue weighted by atomic mass is 15.1. The first kappa shape index (κ1) is 11.9. The van der Waals surface area contributed by atoms with Crippen LogP contribution in [0.2, 0.25) is 0 Å². The maximum absolute atomic E-state index is 6.18. The zero-order valence-electron chi connectivity index (χ0n) is 11.4. The second-order valence-corrected chi connectivity index (χ2v) is 6.05. The molecule has 2 heteroatoms. The molecule has 1 aliphatic heterocycles. The fourth-order valence-electron chi connectivity index (χ4n) is 3.92. The summed E-state index contributed by atoms with van der Waals surface area (Å²) in [7, 11) is 0. The average Bonchev–Trinajstić information content (AvgIpc) is 2.38. The number of aryl methyl sites for hydroxylation is 1. The van der Waals surface area contributed by atoms with Crippen molar-refractivity contribution in [3.63, 3.8) is 0 Å². The molecule has 2 nitrogen and oxygen atoms in total. The Labute approximate surface area is 110 Å². The highest BCUT2D eigenvalue weighted by Gasteiger charge is 2.31. The Balaban J connectivity index is 1.81. The Morgan fingerprint density at radius 1 is 1.11 bits per heavy atom. The van der Waals surface area contributed by atoms with Crippen molar-refractivity contribution in [2.45, 2.75) is 39.0 Å². The third-order valence-electron chi connectivity index (χ3n) is 4.88. The summed E-state index contributed by atoms with van der Waals surface area (Å²) in [5.74, 6) is 1.90. The molecule has 18 heavy (non-hydrogen) atoms. The lowest BCUT2D eigenvalue weighted by Gasteiger charge is -2.43. The van der Waals surface area contributed by atoms with Gasteiger partial charge in [-0.05, 0) is 43.2 Å². The van der Waals surface area contributed by atoms with Crippen LogP contribution in [0, 0.1) is 18.8 Å². The van der Waals surface area contributed by atoms with Crippen LogP contribution in [0.1, 0.15) is 37.7 Å². The minimum Gasteiger partial charge on any atom is -0.397 e. The first-order valence-corrected chi connectivity index (χ1v) is 7.36. The van der Waals surface area contributed by atoms with Crippen LogP contribution in [-0.2, 0) is 0 Å². The highest BCUT2D eigenvalue weighted by molar-refractivity contribution is 5.71. The van der Waals surface area contributed by atoms with E-state index in [4.69, 9.17) is 5.73 Å². The summed E-state index contributed by atoms with van der Waals surface area (Å²) >= 11 is 0. The predicted molar refractivity (Wildman–Crippen MR) is 77.9 cm³/mol. The van der Waals surface area contributed by atoms with Gasteiger partial charge in [0.15, 0.2) is 0 Å². The van der Waals surface area contributed by atoms with Crippen molar-refractivity contribution >= 4 is 11.4 Å². The Morgan fingerprint density at radius 3 is 2.67 bits per heavy atom. The molecule has 1 saturated heterocycles. The van der Waals surface area contributed by atoms with E-state index in [0.717, 1.165) is 17.5 Å². The molecule has 0 spiro atoms. The van der Waals surface area contributed by atoms with Crippen LogP contribution < -0.4 is 10.6 Å². The number of benzene rings is 1. The lowest BCUT2D eigenvalue weighted by atomic mass is 9.75. The fraction of sp³-hybridized carbons (Fsp3) is 0.625. The first-order valence-electron chi connectivity index (χ1n) is 7.36. The Kier molecular flexibility index (Phi) is 3.19. The van der Waals surface area contributed by atoms with Gasteiger partial charge in [0.05, 0.1) is 11.4 Å². The molecule has 1 heterocycles. The summed E-state index contributed by atoms with van der Waals surface area (Å²) in [5.41, 5.74) is 9.74. The molecule has 0 amide bonds. The number of hydrogen-bond donors (Lipinski definition) is 1. The number of nitrogens with zero attached hydrogens (tertiary/aromatic N) is 1. The van der Waals surface area contributed by atoms with Gasteiger partial charge in [-0.2, -0.15) is 0 Å². The molecule has 1 saturated carbocycles. The molecule has 0 radical (unpaired) electrons. The van der Waals surface area contributed by atoms with E-state index in [-0.39, 0.29) is 0 Å². The molecule has 0 bridgehead atoms. The number of nitrogen functional groups attached to an aromatic ring is 1. The number of para-hydroxylation sites is 1. The van der Waals surface area contributed by atoms with Crippen LogP contribution in [0.25, 0.3) is 0 Å². The summed E-state index contributed by atoms with van der Waals surface area (Å²) < 4.78 is 0. The molecule has 1 aromatic carbocycles. The predicted octanol–water partition coefficient (Wildman–Crippen LogP) is 3.59. The summed E-state index contributed by atoms with van der Waals surface area (Å²) in [6.45, 7) is 4.59. The molecule has 2 fully saturated rings. The second-order valence-electron chi connectivity index (χ2n) is 6.05. The van der Waals surface area contributed by atoms with Gasteiger partial charge in [-0.15, -0.1) is 0 Å². The fourth-order valence-corrected chi connectivity index (χ4v) is 3.92. The number of anilines is 2. The third kappa shape index (κ3) is 2.09. The summed E-state index contributed by atoms with van der Waals surface area (Å²) in [6, 6.07) is 6.27. The van der Waals surface area contributed by atoms with E-state index in [9.17, 15) is 0 Å². The van der Waals surface area contributed by atoms with Gasteiger partial charge in [0, 0.05) is 13.1 Å². The SMILES string of the molecule is Cc1cccc(N)c1N1CCC2CCCCC2C1. The maximum Gasteiger partial charge on any atom is 0.0629 e. The largest absolute Gasteiger partial charge is 0.397 e. The molecule has 0 aromatic heterocycles. The van der Waals surface area contributed by atoms with Gasteiger partial charge in [-0.1, -0.05) is 31.4 Å².